The molecule has 0 aliphatic heterocycles. The second-order valence-electron chi connectivity index (χ2n) is 4.03. The van der Waals surface area contributed by atoms with Crippen molar-refractivity contribution in [2.75, 3.05) is 7.11 Å². The molecule has 1 unspecified atom stereocenters. The van der Waals surface area contributed by atoms with E-state index >= 15 is 0 Å². The number of ether oxygens (including phenoxy) is 1. The lowest BCUT2D eigenvalue weighted by Crippen LogP contribution is -2.32. The molecule has 1 heterocycles. The number of rotatable bonds is 5. The van der Waals surface area contributed by atoms with Gasteiger partial charge in [-0.05, 0) is 19.1 Å². The Balaban J connectivity index is 2.54. The van der Waals surface area contributed by atoms with Gasteiger partial charge in [-0.1, -0.05) is 6.07 Å². The Morgan fingerprint density at radius 3 is 2.95 bits per heavy atom. The first-order chi connectivity index (χ1) is 9.22. The van der Waals surface area contributed by atoms with Crippen LogP contribution in [0.4, 0.5) is 4.39 Å². The predicted octanol–water partition coefficient (Wildman–Crippen LogP) is 1.60. The van der Waals surface area contributed by atoms with Crippen LogP contribution in [0.15, 0.2) is 30.6 Å². The molecule has 5 nitrogen and oxygen atoms in total. The van der Waals surface area contributed by atoms with E-state index in [0.29, 0.717) is 17.1 Å². The smallest absolute Gasteiger partial charge is 0.132 e. The molecule has 0 radical (unpaired) electrons. The zero-order valence-corrected chi connectivity index (χ0v) is 10.9. The van der Waals surface area contributed by atoms with Gasteiger partial charge in [-0.3, -0.25) is 5.84 Å². The first-order valence-electron chi connectivity index (χ1n) is 6.02. The van der Waals surface area contributed by atoms with Crippen molar-refractivity contribution >= 4 is 0 Å². The average molecular weight is 264 g/mol. The van der Waals surface area contributed by atoms with Crippen molar-refractivity contribution in [1.82, 2.24) is 15.0 Å². The highest BCUT2D eigenvalue weighted by Crippen LogP contribution is 2.31. The minimum atomic E-state index is -0.564. The van der Waals surface area contributed by atoms with Crippen LogP contribution in [0.3, 0.4) is 0 Å². The van der Waals surface area contributed by atoms with Crippen LogP contribution in [0.1, 0.15) is 24.4 Å². The van der Waals surface area contributed by atoms with E-state index in [4.69, 9.17) is 10.6 Å². The molecule has 3 N–H and O–H groups in total. The Labute approximate surface area is 111 Å². The normalized spacial score (nSPS) is 12.4. The van der Waals surface area contributed by atoms with Gasteiger partial charge in [0.2, 0.25) is 0 Å². The summed E-state index contributed by atoms with van der Waals surface area (Å²) in [5, 5.41) is 0. The Morgan fingerprint density at radius 2 is 2.32 bits per heavy atom. The zero-order valence-electron chi connectivity index (χ0n) is 10.9. The van der Waals surface area contributed by atoms with Crippen LogP contribution >= 0.6 is 0 Å². The molecule has 0 amide bonds. The van der Waals surface area contributed by atoms with E-state index in [-0.39, 0.29) is 5.82 Å². The van der Waals surface area contributed by atoms with Gasteiger partial charge in [0.05, 0.1) is 12.7 Å². The summed E-state index contributed by atoms with van der Waals surface area (Å²) < 4.78 is 21.2. The number of nitrogens with one attached hydrogen (secondary N) is 1. The highest BCUT2D eigenvalue weighted by molar-refractivity contribution is 5.40. The molecule has 6 heteroatoms. The number of nitrogens with zero attached hydrogens (tertiary/aromatic N) is 2. The summed E-state index contributed by atoms with van der Waals surface area (Å²) in [6.07, 6.45) is 3.49. The number of methoxy groups -OCH3 is 1. The third-order valence-corrected chi connectivity index (χ3v) is 3.03. The lowest BCUT2D eigenvalue weighted by molar-refractivity contribution is 0.394. The first kappa shape index (κ1) is 13.5. The van der Waals surface area contributed by atoms with Crippen LogP contribution in [-0.4, -0.2) is 16.7 Å². The van der Waals surface area contributed by atoms with Crippen molar-refractivity contribution in [3.8, 4) is 5.75 Å². The second-order valence-corrected chi connectivity index (χ2v) is 4.03. The summed E-state index contributed by atoms with van der Waals surface area (Å²) >= 11 is 0. The minimum Gasteiger partial charge on any atom is -0.496 e. The molecule has 0 spiro atoms. The van der Waals surface area contributed by atoms with Crippen molar-refractivity contribution in [3.63, 3.8) is 0 Å². The van der Waals surface area contributed by atoms with Crippen molar-refractivity contribution in [1.29, 1.82) is 0 Å². The van der Waals surface area contributed by atoms with E-state index in [9.17, 15) is 4.39 Å². The number of halogens is 1. The third kappa shape index (κ3) is 2.45. The van der Waals surface area contributed by atoms with Gasteiger partial charge in [0, 0.05) is 18.9 Å². The number of imidazole rings is 1. The quantitative estimate of drug-likeness (QED) is 0.636. The first-order valence-corrected chi connectivity index (χ1v) is 6.02. The molecule has 102 valence electrons. The highest BCUT2D eigenvalue weighted by Gasteiger charge is 2.24. The van der Waals surface area contributed by atoms with E-state index in [0.717, 1.165) is 6.54 Å². The van der Waals surface area contributed by atoms with Gasteiger partial charge in [-0.15, -0.1) is 0 Å². The molecule has 2 aromatic rings. The Hall–Kier alpha value is -1.92. The summed E-state index contributed by atoms with van der Waals surface area (Å²) in [5.41, 5.74) is 2.96. The van der Waals surface area contributed by atoms with E-state index in [1.807, 2.05) is 17.7 Å². The lowest BCUT2D eigenvalue weighted by atomic mass is 10.0. The summed E-state index contributed by atoms with van der Waals surface area (Å²) in [5.74, 6) is 6.29. The van der Waals surface area contributed by atoms with Crippen molar-refractivity contribution in [3.05, 3.63) is 47.8 Å². The molecule has 0 bridgehead atoms. The largest absolute Gasteiger partial charge is 0.496 e. The topological polar surface area (TPSA) is 65.1 Å². The van der Waals surface area contributed by atoms with Crippen molar-refractivity contribution in [2.24, 2.45) is 5.84 Å². The van der Waals surface area contributed by atoms with Crippen molar-refractivity contribution < 1.29 is 9.13 Å². The Morgan fingerprint density at radius 1 is 1.53 bits per heavy atom. The minimum absolute atomic E-state index is 0.355. The van der Waals surface area contributed by atoms with Gasteiger partial charge < -0.3 is 9.30 Å². The third-order valence-electron chi connectivity index (χ3n) is 3.03. The number of hydrogen-bond acceptors (Lipinski definition) is 4. The number of nitrogens with two attached hydrogens (primary N) is 1. The Bertz CT molecular complexity index is 555. The summed E-state index contributed by atoms with van der Waals surface area (Å²) in [4.78, 5) is 4.25. The van der Waals surface area contributed by atoms with Gasteiger partial charge in [0.1, 0.15) is 23.4 Å². The molecule has 0 aliphatic rings. The molecular weight excluding hydrogens is 247 g/mol. The van der Waals surface area contributed by atoms with Gasteiger partial charge in [0.25, 0.3) is 0 Å². The molecule has 1 aromatic carbocycles. The number of benzene rings is 1. The van der Waals surface area contributed by atoms with E-state index in [1.54, 1.807) is 18.3 Å². The average Bonchev–Trinajstić information content (AvgIpc) is 2.89. The fraction of sp³-hybridized carbons (Fsp3) is 0.308. The molecule has 1 aromatic heterocycles. The monoisotopic (exact) mass is 264 g/mol. The Kier molecular flexibility index (Phi) is 4.13. The predicted molar refractivity (Wildman–Crippen MR) is 70.0 cm³/mol. The maximum atomic E-state index is 14.1. The van der Waals surface area contributed by atoms with E-state index in [2.05, 4.69) is 10.4 Å². The molecule has 0 fully saturated rings. The maximum absolute atomic E-state index is 14.1. The van der Waals surface area contributed by atoms with Gasteiger partial charge in [-0.2, -0.15) is 0 Å². The van der Waals surface area contributed by atoms with Crippen LogP contribution in [0.25, 0.3) is 0 Å². The SMILES string of the molecule is CCn1ccnc1C(NN)c1c(F)cccc1OC. The molecule has 2 rings (SSSR count). The summed E-state index contributed by atoms with van der Waals surface area (Å²) in [6, 6.07) is 4.10. The molecular formula is C13H17FN4O. The molecule has 0 saturated carbocycles. The van der Waals surface area contributed by atoms with Crippen LogP contribution in [0, 0.1) is 5.82 Å². The fourth-order valence-corrected chi connectivity index (χ4v) is 2.11. The molecule has 1 atom stereocenters. The van der Waals surface area contributed by atoms with Gasteiger partial charge in [0.15, 0.2) is 0 Å². The van der Waals surface area contributed by atoms with Crippen LogP contribution in [0.2, 0.25) is 0 Å². The van der Waals surface area contributed by atoms with Crippen molar-refractivity contribution in [2.45, 2.75) is 19.5 Å². The highest BCUT2D eigenvalue weighted by atomic mass is 19.1. The number of aryl methyl sites for hydroxylation is 1. The zero-order chi connectivity index (χ0) is 13.8. The van der Waals surface area contributed by atoms with Crippen LogP contribution in [-0.2, 0) is 6.54 Å². The second kappa shape index (κ2) is 5.81. The fourth-order valence-electron chi connectivity index (χ4n) is 2.11. The number of hydrogen-bond donors (Lipinski definition) is 2. The van der Waals surface area contributed by atoms with Gasteiger partial charge in [-0.25, -0.2) is 14.8 Å². The summed E-state index contributed by atoms with van der Waals surface area (Å²) in [7, 11) is 1.50. The molecule has 0 aliphatic carbocycles. The maximum Gasteiger partial charge on any atom is 0.132 e. The number of hydrazine groups is 1. The van der Waals surface area contributed by atoms with E-state index < -0.39 is 6.04 Å². The molecule has 0 saturated heterocycles. The van der Waals surface area contributed by atoms with Crippen LogP contribution < -0.4 is 16.0 Å². The number of aromatic nitrogens is 2. The lowest BCUT2D eigenvalue weighted by Gasteiger charge is -2.20. The standard InChI is InChI=1S/C13H17FN4O/c1-3-18-8-7-16-13(18)12(17-15)11-9(14)5-4-6-10(11)19-2/h4-8,12,17H,3,15H2,1-2H3. The molecule has 19 heavy (non-hydrogen) atoms. The summed E-state index contributed by atoms with van der Waals surface area (Å²) in [6.45, 7) is 2.71. The van der Waals surface area contributed by atoms with Crippen LogP contribution in [0.5, 0.6) is 5.75 Å². The van der Waals surface area contributed by atoms with Gasteiger partial charge >= 0.3 is 0 Å². The van der Waals surface area contributed by atoms with E-state index in [1.165, 1.54) is 13.2 Å².